The van der Waals surface area contributed by atoms with Crippen molar-refractivity contribution < 1.29 is 9.53 Å². The maximum absolute atomic E-state index is 10.6. The standard InChI is InChI=1S/C14H17NO2/c1-11-5-6-12(9-13(11)17-2)14(15-10-16)7-3-4-8-14/h5-6,9H,3-4,7-8H2,1-2H3. The molecule has 3 nitrogen and oxygen atoms in total. The summed E-state index contributed by atoms with van der Waals surface area (Å²) in [6.45, 7) is 2.01. The number of rotatable bonds is 3. The zero-order valence-corrected chi connectivity index (χ0v) is 10.3. The van der Waals surface area contributed by atoms with Gasteiger partial charge >= 0.3 is 0 Å². The molecule has 2 rings (SSSR count). The SMILES string of the molecule is COc1cc(C2(N=C=O)CCCC2)ccc1C. The van der Waals surface area contributed by atoms with Crippen LogP contribution in [-0.4, -0.2) is 13.2 Å². The van der Waals surface area contributed by atoms with Gasteiger partial charge in [-0.05, 0) is 37.0 Å². The predicted octanol–water partition coefficient (Wildman–Crippen LogP) is 3.11. The van der Waals surface area contributed by atoms with E-state index in [1.165, 1.54) is 0 Å². The Kier molecular flexibility index (Phi) is 3.30. The molecule has 0 unspecified atom stereocenters. The zero-order valence-electron chi connectivity index (χ0n) is 10.3. The molecular weight excluding hydrogens is 214 g/mol. The van der Waals surface area contributed by atoms with E-state index in [4.69, 9.17) is 4.74 Å². The average Bonchev–Trinajstić information content (AvgIpc) is 2.80. The Balaban J connectivity index is 2.46. The first-order valence-electron chi connectivity index (χ1n) is 5.96. The van der Waals surface area contributed by atoms with Crippen LogP contribution < -0.4 is 4.74 Å². The lowest BCUT2D eigenvalue weighted by Gasteiger charge is -2.23. The van der Waals surface area contributed by atoms with Crippen molar-refractivity contribution in [1.29, 1.82) is 0 Å². The van der Waals surface area contributed by atoms with Crippen molar-refractivity contribution in [3.05, 3.63) is 29.3 Å². The maximum atomic E-state index is 10.6. The maximum Gasteiger partial charge on any atom is 0.235 e. The smallest absolute Gasteiger partial charge is 0.235 e. The molecule has 0 N–H and O–H groups in total. The van der Waals surface area contributed by atoms with E-state index in [0.29, 0.717) is 0 Å². The fourth-order valence-electron chi connectivity index (χ4n) is 2.62. The third-order valence-electron chi connectivity index (χ3n) is 3.64. The summed E-state index contributed by atoms with van der Waals surface area (Å²) in [5.74, 6) is 0.856. The molecule has 3 heteroatoms. The van der Waals surface area contributed by atoms with E-state index in [1.807, 2.05) is 25.1 Å². The van der Waals surface area contributed by atoms with Crippen LogP contribution >= 0.6 is 0 Å². The fourth-order valence-corrected chi connectivity index (χ4v) is 2.62. The fraction of sp³-hybridized carbons (Fsp3) is 0.500. The van der Waals surface area contributed by atoms with E-state index in [2.05, 4.69) is 4.99 Å². The number of carbonyl (C=O) groups excluding carboxylic acids is 1. The predicted molar refractivity (Wildman–Crippen MR) is 66.0 cm³/mol. The minimum atomic E-state index is -0.358. The molecule has 0 amide bonds. The van der Waals surface area contributed by atoms with E-state index < -0.39 is 0 Å². The van der Waals surface area contributed by atoms with Gasteiger partial charge in [-0.25, -0.2) is 4.79 Å². The van der Waals surface area contributed by atoms with Gasteiger partial charge in [-0.15, -0.1) is 0 Å². The van der Waals surface area contributed by atoms with Gasteiger partial charge in [-0.3, -0.25) is 0 Å². The van der Waals surface area contributed by atoms with E-state index in [0.717, 1.165) is 42.6 Å². The van der Waals surface area contributed by atoms with E-state index >= 15 is 0 Å². The van der Waals surface area contributed by atoms with Gasteiger partial charge < -0.3 is 4.74 Å². The Labute approximate surface area is 102 Å². The van der Waals surface area contributed by atoms with Crippen LogP contribution in [0.25, 0.3) is 0 Å². The molecule has 0 bridgehead atoms. The molecule has 1 aliphatic rings. The number of aryl methyl sites for hydroxylation is 1. The van der Waals surface area contributed by atoms with Crippen LogP contribution in [0.3, 0.4) is 0 Å². The topological polar surface area (TPSA) is 38.7 Å². The first kappa shape index (κ1) is 11.9. The number of hydrogen-bond donors (Lipinski definition) is 0. The lowest BCUT2D eigenvalue weighted by atomic mass is 9.88. The summed E-state index contributed by atoms with van der Waals surface area (Å²) in [5.41, 5.74) is 1.81. The lowest BCUT2D eigenvalue weighted by Crippen LogP contribution is -2.18. The van der Waals surface area contributed by atoms with Crippen LogP contribution in [0.2, 0.25) is 0 Å². The van der Waals surface area contributed by atoms with Gasteiger partial charge in [0.25, 0.3) is 0 Å². The summed E-state index contributed by atoms with van der Waals surface area (Å²) in [6.07, 6.45) is 5.81. The van der Waals surface area contributed by atoms with Gasteiger partial charge in [-0.1, -0.05) is 25.0 Å². The summed E-state index contributed by atoms with van der Waals surface area (Å²) in [7, 11) is 1.66. The molecule has 1 aromatic carbocycles. The first-order chi connectivity index (χ1) is 8.22. The quantitative estimate of drug-likeness (QED) is 0.592. The average molecular weight is 231 g/mol. The first-order valence-corrected chi connectivity index (χ1v) is 5.96. The molecule has 1 aromatic rings. The minimum Gasteiger partial charge on any atom is -0.496 e. The van der Waals surface area contributed by atoms with Crippen molar-refractivity contribution in [3.63, 3.8) is 0 Å². The summed E-state index contributed by atoms with van der Waals surface area (Å²) in [4.78, 5) is 14.7. The summed E-state index contributed by atoms with van der Waals surface area (Å²) >= 11 is 0. The van der Waals surface area contributed by atoms with Crippen LogP contribution in [-0.2, 0) is 10.3 Å². The molecule has 0 atom stereocenters. The Bertz CT molecular complexity index is 455. The zero-order chi connectivity index (χ0) is 12.3. The van der Waals surface area contributed by atoms with Gasteiger partial charge in [0.1, 0.15) is 5.75 Å². The highest BCUT2D eigenvalue weighted by atomic mass is 16.5. The number of benzene rings is 1. The van der Waals surface area contributed by atoms with E-state index in [1.54, 1.807) is 13.2 Å². The molecule has 1 fully saturated rings. The van der Waals surface area contributed by atoms with Gasteiger partial charge in [0.15, 0.2) is 0 Å². The second kappa shape index (κ2) is 4.72. The van der Waals surface area contributed by atoms with Gasteiger partial charge in [-0.2, -0.15) is 4.99 Å². The summed E-state index contributed by atoms with van der Waals surface area (Å²) in [5, 5.41) is 0. The molecular formula is C14H17NO2. The second-order valence-electron chi connectivity index (χ2n) is 4.63. The molecule has 0 saturated heterocycles. The molecule has 1 saturated carbocycles. The number of nitrogens with zero attached hydrogens (tertiary/aromatic N) is 1. The summed E-state index contributed by atoms with van der Waals surface area (Å²) < 4.78 is 5.33. The third-order valence-corrected chi connectivity index (χ3v) is 3.64. The molecule has 0 aromatic heterocycles. The van der Waals surface area contributed by atoms with Crippen molar-refractivity contribution >= 4 is 6.08 Å². The van der Waals surface area contributed by atoms with Crippen LogP contribution in [0.1, 0.15) is 36.8 Å². The highest BCUT2D eigenvalue weighted by Gasteiger charge is 2.35. The molecule has 90 valence electrons. The molecule has 0 radical (unpaired) electrons. The Morgan fingerprint density at radius 1 is 1.35 bits per heavy atom. The number of aliphatic imine (C=N–C) groups is 1. The second-order valence-corrected chi connectivity index (χ2v) is 4.63. The Morgan fingerprint density at radius 3 is 2.65 bits per heavy atom. The molecule has 1 aliphatic carbocycles. The highest BCUT2D eigenvalue weighted by molar-refractivity contribution is 5.43. The van der Waals surface area contributed by atoms with Gasteiger partial charge in [0.05, 0.1) is 12.6 Å². The normalized spacial score (nSPS) is 17.5. The molecule has 0 aliphatic heterocycles. The van der Waals surface area contributed by atoms with Crippen molar-refractivity contribution in [2.75, 3.05) is 7.11 Å². The van der Waals surface area contributed by atoms with Crippen LogP contribution in [0.5, 0.6) is 5.75 Å². The number of ether oxygens (including phenoxy) is 1. The minimum absolute atomic E-state index is 0.358. The lowest BCUT2D eigenvalue weighted by molar-refractivity contribution is 0.405. The van der Waals surface area contributed by atoms with Crippen LogP contribution in [0.4, 0.5) is 0 Å². The highest BCUT2D eigenvalue weighted by Crippen LogP contribution is 2.43. The monoisotopic (exact) mass is 231 g/mol. The number of isocyanates is 1. The van der Waals surface area contributed by atoms with Crippen molar-refractivity contribution in [2.24, 2.45) is 4.99 Å². The largest absolute Gasteiger partial charge is 0.496 e. The van der Waals surface area contributed by atoms with Crippen molar-refractivity contribution in [2.45, 2.75) is 38.1 Å². The van der Waals surface area contributed by atoms with Crippen LogP contribution in [0, 0.1) is 6.92 Å². The Morgan fingerprint density at radius 2 is 2.06 bits per heavy atom. The van der Waals surface area contributed by atoms with E-state index in [-0.39, 0.29) is 5.54 Å². The van der Waals surface area contributed by atoms with Gasteiger partial charge in [0, 0.05) is 0 Å². The van der Waals surface area contributed by atoms with Crippen LogP contribution in [0.15, 0.2) is 23.2 Å². The number of hydrogen-bond acceptors (Lipinski definition) is 3. The number of methoxy groups -OCH3 is 1. The third kappa shape index (κ3) is 2.11. The summed E-state index contributed by atoms with van der Waals surface area (Å²) in [6, 6.07) is 6.07. The van der Waals surface area contributed by atoms with Crippen molar-refractivity contribution in [3.8, 4) is 5.75 Å². The van der Waals surface area contributed by atoms with Gasteiger partial charge in [0.2, 0.25) is 6.08 Å². The molecule has 0 spiro atoms. The molecule has 17 heavy (non-hydrogen) atoms. The Hall–Kier alpha value is -1.60. The van der Waals surface area contributed by atoms with Crippen molar-refractivity contribution in [1.82, 2.24) is 0 Å². The van der Waals surface area contributed by atoms with E-state index in [9.17, 15) is 4.79 Å². The molecule has 0 heterocycles.